The molecule has 1 fully saturated rings. The maximum absolute atomic E-state index is 11.9. The van der Waals surface area contributed by atoms with E-state index in [0.29, 0.717) is 23.3 Å². The van der Waals surface area contributed by atoms with Gasteiger partial charge in [0.15, 0.2) is 0 Å². The summed E-state index contributed by atoms with van der Waals surface area (Å²) in [5.74, 6) is 1.68. The average Bonchev–Trinajstić information content (AvgIpc) is 3.30. The minimum absolute atomic E-state index is 0.339. The standard InChI is InChI=1S/C17H23NO3/c1-10-7-12-8-13(17(19)21-4)15(20-3)9-14(12)18(2)16(10)11-5-6-11/h8-11,16H,5-7H2,1-4H3/t10-,16-/m1/s1. The number of nitrogens with zero attached hydrogens (tertiary/aromatic N) is 1. The van der Waals surface area contributed by atoms with E-state index >= 15 is 0 Å². The molecule has 2 aliphatic rings. The molecule has 3 rings (SSSR count). The molecular weight excluding hydrogens is 266 g/mol. The van der Waals surface area contributed by atoms with Crippen molar-refractivity contribution in [1.29, 1.82) is 0 Å². The van der Waals surface area contributed by atoms with Crippen molar-refractivity contribution in [3.8, 4) is 5.75 Å². The van der Waals surface area contributed by atoms with E-state index in [2.05, 4.69) is 18.9 Å². The molecule has 0 spiro atoms. The van der Waals surface area contributed by atoms with E-state index in [1.807, 2.05) is 12.1 Å². The smallest absolute Gasteiger partial charge is 0.341 e. The second kappa shape index (κ2) is 5.24. The van der Waals surface area contributed by atoms with Crippen LogP contribution < -0.4 is 9.64 Å². The van der Waals surface area contributed by atoms with Crippen LogP contribution in [0.25, 0.3) is 0 Å². The van der Waals surface area contributed by atoms with Gasteiger partial charge in [-0.05, 0) is 42.7 Å². The van der Waals surface area contributed by atoms with Gasteiger partial charge in [0.2, 0.25) is 0 Å². The monoisotopic (exact) mass is 289 g/mol. The van der Waals surface area contributed by atoms with Crippen molar-refractivity contribution in [1.82, 2.24) is 0 Å². The first kappa shape index (κ1) is 14.2. The van der Waals surface area contributed by atoms with Gasteiger partial charge in [0.25, 0.3) is 0 Å². The number of ether oxygens (including phenoxy) is 2. The molecular formula is C17H23NO3. The number of anilines is 1. The van der Waals surface area contributed by atoms with Gasteiger partial charge in [-0.15, -0.1) is 0 Å². The first-order valence-corrected chi connectivity index (χ1v) is 7.58. The molecule has 1 aromatic carbocycles. The van der Waals surface area contributed by atoms with Crippen molar-refractivity contribution in [2.45, 2.75) is 32.2 Å². The Labute approximate surface area is 126 Å². The van der Waals surface area contributed by atoms with Crippen LogP contribution in [-0.4, -0.2) is 33.3 Å². The Morgan fingerprint density at radius 2 is 2.00 bits per heavy atom. The molecule has 0 bridgehead atoms. The Kier molecular flexibility index (Phi) is 3.56. The zero-order chi connectivity index (χ0) is 15.1. The highest BCUT2D eigenvalue weighted by molar-refractivity contribution is 5.93. The van der Waals surface area contributed by atoms with Gasteiger partial charge < -0.3 is 14.4 Å². The first-order chi connectivity index (χ1) is 10.1. The van der Waals surface area contributed by atoms with E-state index in [9.17, 15) is 4.79 Å². The summed E-state index contributed by atoms with van der Waals surface area (Å²) in [5, 5.41) is 0. The molecule has 114 valence electrons. The normalized spacial score (nSPS) is 24.5. The van der Waals surface area contributed by atoms with E-state index in [1.54, 1.807) is 7.11 Å². The minimum Gasteiger partial charge on any atom is -0.496 e. The highest BCUT2D eigenvalue weighted by Gasteiger charge is 2.41. The van der Waals surface area contributed by atoms with Gasteiger partial charge in [0, 0.05) is 24.8 Å². The van der Waals surface area contributed by atoms with Crippen LogP contribution >= 0.6 is 0 Å². The summed E-state index contributed by atoms with van der Waals surface area (Å²) < 4.78 is 10.3. The van der Waals surface area contributed by atoms with Gasteiger partial charge >= 0.3 is 5.97 Å². The summed E-state index contributed by atoms with van der Waals surface area (Å²) in [6.45, 7) is 2.31. The Hall–Kier alpha value is -1.71. The van der Waals surface area contributed by atoms with Crippen molar-refractivity contribution in [3.05, 3.63) is 23.3 Å². The predicted octanol–water partition coefficient (Wildman–Crippen LogP) is 2.89. The highest BCUT2D eigenvalue weighted by Crippen LogP contribution is 2.45. The van der Waals surface area contributed by atoms with Gasteiger partial charge in [0.1, 0.15) is 11.3 Å². The van der Waals surface area contributed by atoms with Gasteiger partial charge in [-0.1, -0.05) is 6.92 Å². The molecule has 0 unspecified atom stereocenters. The van der Waals surface area contributed by atoms with Crippen LogP contribution in [0.2, 0.25) is 0 Å². The molecule has 0 aromatic heterocycles. The zero-order valence-corrected chi connectivity index (χ0v) is 13.2. The van der Waals surface area contributed by atoms with E-state index in [4.69, 9.17) is 9.47 Å². The third kappa shape index (κ3) is 2.37. The molecule has 0 amide bonds. The molecule has 0 N–H and O–H groups in total. The lowest BCUT2D eigenvalue weighted by Gasteiger charge is -2.41. The Morgan fingerprint density at radius 1 is 1.29 bits per heavy atom. The van der Waals surface area contributed by atoms with Crippen molar-refractivity contribution in [2.24, 2.45) is 11.8 Å². The molecule has 1 aliphatic heterocycles. The van der Waals surface area contributed by atoms with E-state index in [0.717, 1.165) is 12.3 Å². The fraction of sp³-hybridized carbons (Fsp3) is 0.588. The van der Waals surface area contributed by atoms with E-state index in [-0.39, 0.29) is 5.97 Å². The predicted molar refractivity (Wildman–Crippen MR) is 82.1 cm³/mol. The summed E-state index contributed by atoms with van der Waals surface area (Å²) in [6, 6.07) is 4.53. The van der Waals surface area contributed by atoms with Gasteiger partial charge in [-0.2, -0.15) is 0 Å². The molecule has 1 aromatic rings. The number of benzene rings is 1. The molecule has 4 nitrogen and oxygen atoms in total. The lowest BCUT2D eigenvalue weighted by atomic mass is 9.84. The second-order valence-electron chi connectivity index (χ2n) is 6.29. The summed E-state index contributed by atoms with van der Waals surface area (Å²) in [4.78, 5) is 14.3. The summed E-state index contributed by atoms with van der Waals surface area (Å²) in [7, 11) is 5.16. The largest absolute Gasteiger partial charge is 0.496 e. The maximum Gasteiger partial charge on any atom is 0.341 e. The van der Waals surface area contributed by atoms with Crippen molar-refractivity contribution in [3.63, 3.8) is 0 Å². The highest BCUT2D eigenvalue weighted by atomic mass is 16.5. The maximum atomic E-state index is 11.9. The van der Waals surface area contributed by atoms with Crippen LogP contribution in [0, 0.1) is 11.8 Å². The molecule has 1 heterocycles. The Bertz CT molecular complexity index is 565. The number of carbonyl (C=O) groups excluding carboxylic acids is 1. The average molecular weight is 289 g/mol. The number of esters is 1. The molecule has 1 saturated carbocycles. The molecule has 1 aliphatic carbocycles. The SMILES string of the molecule is COC(=O)c1cc2c(cc1OC)N(C)[C@@H](C1CC1)[C@H](C)C2. The number of methoxy groups -OCH3 is 2. The van der Waals surface area contributed by atoms with Crippen molar-refractivity contribution >= 4 is 11.7 Å². The number of rotatable bonds is 3. The number of fused-ring (bicyclic) bond motifs is 1. The molecule has 4 heteroatoms. The van der Waals surface area contributed by atoms with Crippen LogP contribution in [0.3, 0.4) is 0 Å². The topological polar surface area (TPSA) is 38.8 Å². The second-order valence-corrected chi connectivity index (χ2v) is 6.29. The van der Waals surface area contributed by atoms with Crippen LogP contribution in [0.1, 0.15) is 35.7 Å². The number of hydrogen-bond acceptors (Lipinski definition) is 4. The van der Waals surface area contributed by atoms with Crippen LogP contribution in [0.4, 0.5) is 5.69 Å². The fourth-order valence-corrected chi connectivity index (χ4v) is 3.77. The third-order valence-electron chi connectivity index (χ3n) is 4.86. The van der Waals surface area contributed by atoms with Crippen LogP contribution in [-0.2, 0) is 11.2 Å². The summed E-state index contributed by atoms with van der Waals surface area (Å²) >= 11 is 0. The van der Waals surface area contributed by atoms with Crippen molar-refractivity contribution in [2.75, 3.05) is 26.2 Å². The van der Waals surface area contributed by atoms with Crippen LogP contribution in [0.15, 0.2) is 12.1 Å². The summed E-state index contributed by atoms with van der Waals surface area (Å²) in [5.41, 5.74) is 2.92. The lowest BCUT2D eigenvalue weighted by molar-refractivity contribution is 0.0597. The first-order valence-electron chi connectivity index (χ1n) is 7.58. The van der Waals surface area contributed by atoms with E-state index in [1.165, 1.54) is 31.2 Å². The molecule has 2 atom stereocenters. The lowest BCUT2D eigenvalue weighted by Crippen LogP contribution is -2.43. The van der Waals surface area contributed by atoms with Gasteiger partial charge in [-0.3, -0.25) is 0 Å². The Morgan fingerprint density at radius 3 is 2.57 bits per heavy atom. The molecule has 0 radical (unpaired) electrons. The summed E-state index contributed by atoms with van der Waals surface area (Å²) in [6.07, 6.45) is 3.69. The van der Waals surface area contributed by atoms with Gasteiger partial charge in [0.05, 0.1) is 14.2 Å². The minimum atomic E-state index is -0.339. The number of carbonyl (C=O) groups is 1. The molecule has 0 saturated heterocycles. The van der Waals surface area contributed by atoms with E-state index < -0.39 is 0 Å². The molecule has 21 heavy (non-hydrogen) atoms. The van der Waals surface area contributed by atoms with Crippen molar-refractivity contribution < 1.29 is 14.3 Å². The zero-order valence-electron chi connectivity index (χ0n) is 13.2. The quantitative estimate of drug-likeness (QED) is 0.802. The fourth-order valence-electron chi connectivity index (χ4n) is 3.77. The third-order valence-corrected chi connectivity index (χ3v) is 4.86. The Balaban J connectivity index is 2.03. The van der Waals surface area contributed by atoms with Crippen LogP contribution in [0.5, 0.6) is 5.75 Å². The number of hydrogen-bond donors (Lipinski definition) is 0. The van der Waals surface area contributed by atoms with Gasteiger partial charge in [-0.25, -0.2) is 4.79 Å².